The maximum absolute atomic E-state index is 11.7. The molecule has 0 heterocycles. The molecule has 4 heteroatoms. The van der Waals surface area contributed by atoms with Crippen molar-refractivity contribution in [1.29, 1.82) is 5.26 Å². The first-order valence-electron chi connectivity index (χ1n) is 7.46. The number of para-hydroxylation sites is 1. The Morgan fingerprint density at radius 1 is 1.13 bits per heavy atom. The van der Waals surface area contributed by atoms with Gasteiger partial charge >= 0.3 is 5.97 Å². The van der Waals surface area contributed by atoms with E-state index in [-0.39, 0.29) is 13.2 Å². The van der Waals surface area contributed by atoms with E-state index in [1.54, 1.807) is 24.3 Å². The molecule has 2 aromatic rings. The van der Waals surface area contributed by atoms with Gasteiger partial charge in [-0.3, -0.25) is 0 Å². The summed E-state index contributed by atoms with van der Waals surface area (Å²) >= 11 is 0. The maximum Gasteiger partial charge on any atom is 0.344 e. The highest BCUT2D eigenvalue weighted by Crippen LogP contribution is 2.17. The molecule has 0 aliphatic carbocycles. The van der Waals surface area contributed by atoms with Crippen LogP contribution in [0.4, 0.5) is 0 Å². The van der Waals surface area contributed by atoms with Crippen LogP contribution < -0.4 is 4.74 Å². The fourth-order valence-electron chi connectivity index (χ4n) is 2.03. The zero-order valence-electron chi connectivity index (χ0n) is 13.3. The topological polar surface area (TPSA) is 59.3 Å². The number of hydrogen-bond acceptors (Lipinski definition) is 4. The molecule has 0 radical (unpaired) electrons. The van der Waals surface area contributed by atoms with Crippen LogP contribution in [0.2, 0.25) is 0 Å². The van der Waals surface area contributed by atoms with Crippen molar-refractivity contribution in [3.63, 3.8) is 0 Å². The van der Waals surface area contributed by atoms with Crippen LogP contribution in [0.15, 0.2) is 48.5 Å². The quantitative estimate of drug-likeness (QED) is 0.761. The van der Waals surface area contributed by atoms with Crippen LogP contribution >= 0.6 is 0 Å². The molecule has 0 unspecified atom stereocenters. The van der Waals surface area contributed by atoms with Crippen molar-refractivity contribution < 1.29 is 14.3 Å². The largest absolute Gasteiger partial charge is 0.481 e. The number of rotatable bonds is 6. The molecule has 0 aromatic heterocycles. The van der Waals surface area contributed by atoms with Crippen molar-refractivity contribution in [3.8, 4) is 11.8 Å². The predicted octanol–water partition coefficient (Wildman–Crippen LogP) is 3.80. The summed E-state index contributed by atoms with van der Waals surface area (Å²) in [6, 6.07) is 16.8. The highest BCUT2D eigenvalue weighted by molar-refractivity contribution is 5.71. The number of carbonyl (C=O) groups is 1. The van der Waals surface area contributed by atoms with Gasteiger partial charge < -0.3 is 9.47 Å². The Bertz CT molecular complexity index is 699. The number of ether oxygens (including phenoxy) is 2. The van der Waals surface area contributed by atoms with Crippen LogP contribution in [0.25, 0.3) is 0 Å². The molecule has 0 amide bonds. The Morgan fingerprint density at radius 3 is 2.48 bits per heavy atom. The molecule has 0 saturated heterocycles. The summed E-state index contributed by atoms with van der Waals surface area (Å²) < 4.78 is 10.5. The molecule has 23 heavy (non-hydrogen) atoms. The normalized spacial score (nSPS) is 10.2. The molecule has 0 saturated carbocycles. The van der Waals surface area contributed by atoms with Crippen molar-refractivity contribution in [2.75, 3.05) is 6.61 Å². The Kier molecular flexibility index (Phi) is 5.76. The monoisotopic (exact) mass is 309 g/mol. The summed E-state index contributed by atoms with van der Waals surface area (Å²) in [7, 11) is 0. The molecule has 2 rings (SSSR count). The van der Waals surface area contributed by atoms with E-state index in [1.165, 1.54) is 5.56 Å². The first-order valence-corrected chi connectivity index (χ1v) is 7.46. The first-order chi connectivity index (χ1) is 11.1. The molecule has 0 fully saturated rings. The maximum atomic E-state index is 11.7. The molecule has 0 aliphatic rings. The van der Waals surface area contributed by atoms with E-state index in [1.807, 2.05) is 30.3 Å². The van der Waals surface area contributed by atoms with Crippen LogP contribution in [0, 0.1) is 11.3 Å². The molecule has 0 spiro atoms. The number of esters is 1. The number of carbonyl (C=O) groups excluding carboxylic acids is 1. The van der Waals surface area contributed by atoms with Crippen molar-refractivity contribution in [2.24, 2.45) is 0 Å². The third-order valence-electron chi connectivity index (χ3n) is 3.40. The molecule has 0 aliphatic heterocycles. The van der Waals surface area contributed by atoms with Gasteiger partial charge in [-0.15, -0.1) is 0 Å². The highest BCUT2D eigenvalue weighted by atomic mass is 16.6. The van der Waals surface area contributed by atoms with Gasteiger partial charge in [0.2, 0.25) is 0 Å². The van der Waals surface area contributed by atoms with Crippen molar-refractivity contribution in [2.45, 2.75) is 26.4 Å². The van der Waals surface area contributed by atoms with E-state index < -0.39 is 5.97 Å². The van der Waals surface area contributed by atoms with Gasteiger partial charge in [-0.2, -0.15) is 5.26 Å². The number of hydrogen-bond donors (Lipinski definition) is 0. The zero-order valence-corrected chi connectivity index (χ0v) is 13.3. The van der Waals surface area contributed by atoms with Gasteiger partial charge in [-0.05, 0) is 29.2 Å². The van der Waals surface area contributed by atoms with E-state index >= 15 is 0 Å². The first kappa shape index (κ1) is 16.6. The fourth-order valence-corrected chi connectivity index (χ4v) is 2.03. The minimum absolute atomic E-state index is 0.209. The van der Waals surface area contributed by atoms with Crippen molar-refractivity contribution >= 4 is 5.97 Å². The molecular formula is C19H19NO3. The SMILES string of the molecule is CC(C)c1ccc(COC(=O)COc2ccccc2C#N)cc1. The second-order valence-electron chi connectivity index (χ2n) is 5.45. The lowest BCUT2D eigenvalue weighted by Gasteiger charge is -2.09. The smallest absolute Gasteiger partial charge is 0.344 e. The van der Waals surface area contributed by atoms with Crippen LogP contribution in [0.5, 0.6) is 5.75 Å². The van der Waals surface area contributed by atoms with Crippen molar-refractivity contribution in [3.05, 3.63) is 65.2 Å². The lowest BCUT2D eigenvalue weighted by molar-refractivity contribution is -0.147. The zero-order chi connectivity index (χ0) is 16.7. The minimum atomic E-state index is -0.467. The molecule has 118 valence electrons. The standard InChI is InChI=1S/C19H19NO3/c1-14(2)16-9-7-15(8-10-16)12-23-19(21)13-22-18-6-4-3-5-17(18)11-20/h3-10,14H,12-13H2,1-2H3. The third kappa shape index (κ3) is 4.86. The Labute approximate surface area is 136 Å². The van der Waals surface area contributed by atoms with Gasteiger partial charge in [-0.1, -0.05) is 50.2 Å². The second-order valence-corrected chi connectivity index (χ2v) is 5.45. The number of benzene rings is 2. The molecule has 0 atom stereocenters. The summed E-state index contributed by atoms with van der Waals surface area (Å²) in [5, 5.41) is 8.95. The van der Waals surface area contributed by atoms with E-state index in [0.717, 1.165) is 5.56 Å². The summed E-state index contributed by atoms with van der Waals surface area (Å²) in [5.41, 5.74) is 2.57. The molecule has 0 bridgehead atoms. The van der Waals surface area contributed by atoms with Crippen LogP contribution in [-0.4, -0.2) is 12.6 Å². The van der Waals surface area contributed by atoms with Gasteiger partial charge in [0, 0.05) is 0 Å². The summed E-state index contributed by atoms with van der Waals surface area (Å²) in [5.74, 6) is 0.388. The lowest BCUT2D eigenvalue weighted by atomic mass is 10.0. The van der Waals surface area contributed by atoms with E-state index in [2.05, 4.69) is 13.8 Å². The van der Waals surface area contributed by atoms with Gasteiger partial charge in [0.15, 0.2) is 6.61 Å². The van der Waals surface area contributed by atoms with Crippen molar-refractivity contribution in [1.82, 2.24) is 0 Å². The Hall–Kier alpha value is -2.80. The van der Waals surface area contributed by atoms with E-state index in [0.29, 0.717) is 17.2 Å². The summed E-state index contributed by atoms with van der Waals surface area (Å²) in [6.45, 7) is 4.25. The second kappa shape index (κ2) is 8.00. The van der Waals surface area contributed by atoms with E-state index in [9.17, 15) is 4.79 Å². The Morgan fingerprint density at radius 2 is 1.83 bits per heavy atom. The summed E-state index contributed by atoms with van der Waals surface area (Å²) in [6.07, 6.45) is 0. The average Bonchev–Trinajstić information content (AvgIpc) is 2.58. The van der Waals surface area contributed by atoms with E-state index in [4.69, 9.17) is 14.7 Å². The summed E-state index contributed by atoms with van der Waals surface area (Å²) in [4.78, 5) is 11.7. The third-order valence-corrected chi connectivity index (χ3v) is 3.40. The molecular weight excluding hydrogens is 290 g/mol. The van der Waals surface area contributed by atoms with Gasteiger partial charge in [0.05, 0.1) is 5.56 Å². The van der Waals surface area contributed by atoms with Crippen LogP contribution in [-0.2, 0) is 16.1 Å². The molecule has 0 N–H and O–H groups in total. The van der Waals surface area contributed by atoms with Gasteiger partial charge in [-0.25, -0.2) is 4.79 Å². The van der Waals surface area contributed by atoms with Gasteiger partial charge in [0.25, 0.3) is 0 Å². The highest BCUT2D eigenvalue weighted by Gasteiger charge is 2.08. The lowest BCUT2D eigenvalue weighted by Crippen LogP contribution is -2.15. The minimum Gasteiger partial charge on any atom is -0.481 e. The fraction of sp³-hybridized carbons (Fsp3) is 0.263. The number of nitrogens with zero attached hydrogens (tertiary/aromatic N) is 1. The molecule has 2 aromatic carbocycles. The van der Waals surface area contributed by atoms with Crippen LogP contribution in [0.3, 0.4) is 0 Å². The predicted molar refractivity (Wildman–Crippen MR) is 87.0 cm³/mol. The Balaban J connectivity index is 1.82. The number of nitriles is 1. The average molecular weight is 309 g/mol. The molecule has 4 nitrogen and oxygen atoms in total. The van der Waals surface area contributed by atoms with Crippen LogP contribution in [0.1, 0.15) is 36.5 Å². The van der Waals surface area contributed by atoms with Gasteiger partial charge in [0.1, 0.15) is 18.4 Å².